The molecule has 2 rings (SSSR count). The fraction of sp³-hybridized carbons (Fsp3) is 0.667. The monoisotopic (exact) mass is 221 g/mol. The Morgan fingerprint density at radius 2 is 2.38 bits per heavy atom. The highest BCUT2D eigenvalue weighted by atomic mass is 16.2. The average Bonchev–Trinajstić information content (AvgIpc) is 2.84. The molecule has 4 nitrogen and oxygen atoms in total. The molecule has 1 aromatic heterocycles. The van der Waals surface area contributed by atoms with Crippen molar-refractivity contribution in [2.24, 2.45) is 5.92 Å². The molecule has 1 atom stereocenters. The number of nitrogens with one attached hydrogen (secondary N) is 1. The van der Waals surface area contributed by atoms with Crippen molar-refractivity contribution in [3.63, 3.8) is 0 Å². The number of carbonyl (C=O) groups excluding carboxylic acids is 1. The van der Waals surface area contributed by atoms with Gasteiger partial charge in [0.2, 0.25) is 0 Å². The summed E-state index contributed by atoms with van der Waals surface area (Å²) in [7, 11) is 0. The molecule has 1 unspecified atom stereocenters. The Morgan fingerprint density at radius 3 is 2.88 bits per heavy atom. The summed E-state index contributed by atoms with van der Waals surface area (Å²) in [6.45, 7) is 8.07. The van der Waals surface area contributed by atoms with Crippen LogP contribution in [0.1, 0.15) is 49.3 Å². The molecule has 2 heterocycles. The van der Waals surface area contributed by atoms with Gasteiger partial charge in [-0.2, -0.15) is 5.10 Å². The average molecular weight is 221 g/mol. The lowest BCUT2D eigenvalue weighted by atomic mass is 10.1. The summed E-state index contributed by atoms with van der Waals surface area (Å²) in [4.78, 5) is 14.0. The summed E-state index contributed by atoms with van der Waals surface area (Å²) in [6.07, 6.45) is 1.10. The third-order valence-electron chi connectivity index (χ3n) is 3.15. The summed E-state index contributed by atoms with van der Waals surface area (Å²) in [5.41, 5.74) is 1.58. The highest BCUT2D eigenvalue weighted by Crippen LogP contribution is 2.18. The van der Waals surface area contributed by atoms with Crippen molar-refractivity contribution in [3.05, 3.63) is 17.5 Å². The highest BCUT2D eigenvalue weighted by molar-refractivity contribution is 5.92. The molecule has 0 spiro atoms. The van der Waals surface area contributed by atoms with Crippen LogP contribution in [0.5, 0.6) is 0 Å². The van der Waals surface area contributed by atoms with Crippen LogP contribution < -0.4 is 0 Å². The van der Waals surface area contributed by atoms with E-state index in [1.165, 1.54) is 0 Å². The van der Waals surface area contributed by atoms with Gasteiger partial charge in [-0.1, -0.05) is 20.8 Å². The number of nitrogens with zero attached hydrogens (tertiary/aromatic N) is 2. The normalized spacial score (nSPS) is 20.8. The summed E-state index contributed by atoms with van der Waals surface area (Å²) in [5.74, 6) is 1.06. The zero-order valence-electron chi connectivity index (χ0n) is 10.2. The van der Waals surface area contributed by atoms with E-state index in [1.807, 2.05) is 11.0 Å². The number of aromatic amines is 1. The van der Waals surface area contributed by atoms with Crippen LogP contribution in [0.4, 0.5) is 0 Å². The van der Waals surface area contributed by atoms with Crippen molar-refractivity contribution in [2.75, 3.05) is 13.1 Å². The Bertz CT molecular complexity index is 383. The third kappa shape index (κ3) is 2.10. The van der Waals surface area contributed by atoms with E-state index in [0.29, 0.717) is 17.5 Å². The van der Waals surface area contributed by atoms with Crippen molar-refractivity contribution < 1.29 is 4.79 Å². The van der Waals surface area contributed by atoms with E-state index in [1.54, 1.807) is 0 Å². The maximum atomic E-state index is 12.1. The molecule has 1 aromatic rings. The molecule has 1 fully saturated rings. The molecule has 1 aliphatic rings. The lowest BCUT2D eigenvalue weighted by molar-refractivity contribution is 0.0782. The van der Waals surface area contributed by atoms with Crippen LogP contribution in [-0.2, 0) is 0 Å². The molecule has 1 N–H and O–H groups in total. The zero-order valence-corrected chi connectivity index (χ0v) is 10.2. The van der Waals surface area contributed by atoms with Gasteiger partial charge in [-0.15, -0.1) is 0 Å². The number of likely N-dealkylation sites (tertiary alicyclic amines) is 1. The second-order valence-electron chi connectivity index (χ2n) is 5.01. The van der Waals surface area contributed by atoms with E-state index in [0.717, 1.165) is 25.2 Å². The van der Waals surface area contributed by atoms with Gasteiger partial charge < -0.3 is 4.90 Å². The molecule has 0 aromatic carbocycles. The van der Waals surface area contributed by atoms with E-state index in [4.69, 9.17) is 0 Å². The molecule has 4 heteroatoms. The fourth-order valence-electron chi connectivity index (χ4n) is 2.02. The van der Waals surface area contributed by atoms with Crippen LogP contribution in [0, 0.1) is 5.92 Å². The van der Waals surface area contributed by atoms with Crippen LogP contribution in [0.25, 0.3) is 0 Å². The van der Waals surface area contributed by atoms with Gasteiger partial charge >= 0.3 is 0 Å². The molecule has 1 aliphatic heterocycles. The van der Waals surface area contributed by atoms with Gasteiger partial charge in [-0.3, -0.25) is 9.89 Å². The number of hydrogen-bond donors (Lipinski definition) is 1. The van der Waals surface area contributed by atoms with Gasteiger partial charge in [0.15, 0.2) is 0 Å². The molecule has 0 aliphatic carbocycles. The van der Waals surface area contributed by atoms with Gasteiger partial charge in [0.25, 0.3) is 5.91 Å². The van der Waals surface area contributed by atoms with Crippen molar-refractivity contribution in [3.8, 4) is 0 Å². The van der Waals surface area contributed by atoms with Gasteiger partial charge in [0.1, 0.15) is 5.69 Å². The largest absolute Gasteiger partial charge is 0.337 e. The van der Waals surface area contributed by atoms with Gasteiger partial charge in [-0.05, 0) is 24.3 Å². The predicted octanol–water partition coefficient (Wildman–Crippen LogP) is 2.02. The minimum Gasteiger partial charge on any atom is -0.337 e. The van der Waals surface area contributed by atoms with Gasteiger partial charge in [0.05, 0.1) is 0 Å². The first-order valence-electron chi connectivity index (χ1n) is 5.92. The number of hydrogen-bond acceptors (Lipinski definition) is 2. The smallest absolute Gasteiger partial charge is 0.274 e. The number of H-pyrrole nitrogens is 1. The number of rotatable bonds is 2. The van der Waals surface area contributed by atoms with Gasteiger partial charge in [-0.25, -0.2) is 0 Å². The Kier molecular flexibility index (Phi) is 2.99. The van der Waals surface area contributed by atoms with E-state index in [9.17, 15) is 4.79 Å². The van der Waals surface area contributed by atoms with Crippen molar-refractivity contribution in [1.29, 1.82) is 0 Å². The van der Waals surface area contributed by atoms with E-state index < -0.39 is 0 Å². The molecular formula is C12H19N3O. The lowest BCUT2D eigenvalue weighted by Gasteiger charge is -2.13. The molecular weight excluding hydrogens is 202 g/mol. The summed E-state index contributed by atoms with van der Waals surface area (Å²) >= 11 is 0. The molecule has 16 heavy (non-hydrogen) atoms. The van der Waals surface area contributed by atoms with E-state index >= 15 is 0 Å². The van der Waals surface area contributed by atoms with Crippen LogP contribution in [0.2, 0.25) is 0 Å². The summed E-state index contributed by atoms with van der Waals surface area (Å²) in [5, 5.41) is 7.01. The van der Waals surface area contributed by atoms with Crippen molar-refractivity contribution >= 4 is 5.91 Å². The minimum atomic E-state index is 0.0625. The van der Waals surface area contributed by atoms with Crippen molar-refractivity contribution in [2.45, 2.75) is 33.1 Å². The Labute approximate surface area is 96.0 Å². The minimum absolute atomic E-state index is 0.0625. The standard InChI is InChI=1S/C12H19N3O/c1-8(2)10-6-11(14-13-10)12(16)15-5-4-9(3)7-15/h6,8-9H,4-5,7H2,1-3H3,(H,13,14). The maximum absolute atomic E-state index is 12.1. The van der Waals surface area contributed by atoms with E-state index in [-0.39, 0.29) is 5.91 Å². The Hall–Kier alpha value is -1.32. The molecule has 1 amide bonds. The third-order valence-corrected chi connectivity index (χ3v) is 3.15. The molecule has 0 saturated carbocycles. The zero-order chi connectivity index (χ0) is 11.7. The van der Waals surface area contributed by atoms with Crippen LogP contribution in [-0.4, -0.2) is 34.1 Å². The Balaban J connectivity index is 2.09. The van der Waals surface area contributed by atoms with Crippen LogP contribution in [0.15, 0.2) is 6.07 Å². The first-order chi connectivity index (χ1) is 7.58. The summed E-state index contributed by atoms with van der Waals surface area (Å²) < 4.78 is 0. The highest BCUT2D eigenvalue weighted by Gasteiger charge is 2.25. The molecule has 0 bridgehead atoms. The molecule has 1 saturated heterocycles. The van der Waals surface area contributed by atoms with Crippen LogP contribution in [0.3, 0.4) is 0 Å². The summed E-state index contributed by atoms with van der Waals surface area (Å²) in [6, 6.07) is 1.87. The van der Waals surface area contributed by atoms with E-state index in [2.05, 4.69) is 31.0 Å². The quantitative estimate of drug-likeness (QED) is 0.830. The Morgan fingerprint density at radius 1 is 1.62 bits per heavy atom. The first kappa shape index (κ1) is 11.2. The maximum Gasteiger partial charge on any atom is 0.274 e. The number of aromatic nitrogens is 2. The number of carbonyl (C=O) groups is 1. The predicted molar refractivity (Wildman–Crippen MR) is 62.4 cm³/mol. The number of amides is 1. The topological polar surface area (TPSA) is 49.0 Å². The SMILES string of the molecule is CC1CCN(C(=O)c2cc(C(C)C)[nH]n2)C1. The second kappa shape index (κ2) is 4.28. The first-order valence-corrected chi connectivity index (χ1v) is 5.92. The second-order valence-corrected chi connectivity index (χ2v) is 5.01. The van der Waals surface area contributed by atoms with Gasteiger partial charge in [0, 0.05) is 18.8 Å². The molecule has 0 radical (unpaired) electrons. The molecule has 88 valence electrons. The lowest BCUT2D eigenvalue weighted by Crippen LogP contribution is -2.28. The van der Waals surface area contributed by atoms with Crippen LogP contribution >= 0.6 is 0 Å². The van der Waals surface area contributed by atoms with Crippen molar-refractivity contribution in [1.82, 2.24) is 15.1 Å². The fourth-order valence-corrected chi connectivity index (χ4v) is 2.02.